The summed E-state index contributed by atoms with van der Waals surface area (Å²) in [5, 5.41) is 2.16. The number of carbonyl (C=O) groups is 2. The quantitative estimate of drug-likeness (QED) is 0.764. The van der Waals surface area contributed by atoms with Crippen LogP contribution in [0.2, 0.25) is 0 Å². The van der Waals surface area contributed by atoms with Gasteiger partial charge in [-0.3, -0.25) is 9.59 Å². The smallest absolute Gasteiger partial charge is 0.244 e. The van der Waals surface area contributed by atoms with E-state index in [0.29, 0.717) is 13.0 Å². The fourth-order valence-corrected chi connectivity index (χ4v) is 2.45. The highest BCUT2D eigenvalue weighted by atomic mass is 19.2. The van der Waals surface area contributed by atoms with Crippen LogP contribution in [0.1, 0.15) is 18.9 Å². The standard InChI is InChI=1S/C19H19F3N2O2/c1-13(25)24(11-5-8-14-6-3-2-4-7-14)12-17(26)23-16-10-9-15(20)18(21)19(16)22/h2-4,6-7,9-10H,5,8,11-12H2,1H3,(H,23,26). The topological polar surface area (TPSA) is 49.4 Å². The highest BCUT2D eigenvalue weighted by molar-refractivity contribution is 5.94. The van der Waals surface area contributed by atoms with Crippen molar-refractivity contribution in [3.05, 3.63) is 65.5 Å². The van der Waals surface area contributed by atoms with Crippen LogP contribution >= 0.6 is 0 Å². The maximum absolute atomic E-state index is 13.6. The van der Waals surface area contributed by atoms with Crippen LogP contribution in [0.5, 0.6) is 0 Å². The summed E-state index contributed by atoms with van der Waals surface area (Å²) in [6.07, 6.45) is 1.39. The van der Waals surface area contributed by atoms with E-state index in [2.05, 4.69) is 5.32 Å². The molecule has 0 aromatic heterocycles. The molecule has 0 spiro atoms. The fourth-order valence-electron chi connectivity index (χ4n) is 2.45. The Morgan fingerprint density at radius 2 is 1.69 bits per heavy atom. The first-order chi connectivity index (χ1) is 12.4. The van der Waals surface area contributed by atoms with Crippen LogP contribution in [0.25, 0.3) is 0 Å². The summed E-state index contributed by atoms with van der Waals surface area (Å²) in [6.45, 7) is 1.37. The molecule has 0 unspecified atom stereocenters. The van der Waals surface area contributed by atoms with Gasteiger partial charge in [-0.15, -0.1) is 0 Å². The van der Waals surface area contributed by atoms with E-state index >= 15 is 0 Å². The lowest BCUT2D eigenvalue weighted by Gasteiger charge is -2.20. The Balaban J connectivity index is 1.91. The van der Waals surface area contributed by atoms with Gasteiger partial charge in [0, 0.05) is 13.5 Å². The molecule has 0 bridgehead atoms. The minimum absolute atomic E-state index is 0.303. The van der Waals surface area contributed by atoms with Gasteiger partial charge in [0.05, 0.1) is 12.2 Å². The predicted octanol–water partition coefficient (Wildman–Crippen LogP) is 3.52. The zero-order valence-electron chi connectivity index (χ0n) is 14.3. The number of aryl methyl sites for hydroxylation is 1. The van der Waals surface area contributed by atoms with Gasteiger partial charge < -0.3 is 10.2 Å². The first-order valence-corrected chi connectivity index (χ1v) is 8.11. The molecule has 26 heavy (non-hydrogen) atoms. The zero-order valence-corrected chi connectivity index (χ0v) is 14.3. The fraction of sp³-hybridized carbons (Fsp3) is 0.263. The molecule has 0 atom stereocenters. The Bertz CT molecular complexity index is 782. The molecule has 0 saturated carbocycles. The predicted molar refractivity (Wildman–Crippen MR) is 92.0 cm³/mol. The molecule has 0 heterocycles. The van der Waals surface area contributed by atoms with Crippen LogP contribution in [-0.2, 0) is 16.0 Å². The number of carbonyl (C=O) groups excluding carboxylic acids is 2. The second kappa shape index (κ2) is 9.03. The first kappa shape index (κ1) is 19.5. The molecule has 0 radical (unpaired) electrons. The van der Waals surface area contributed by atoms with Crippen LogP contribution in [0.15, 0.2) is 42.5 Å². The Hall–Kier alpha value is -2.83. The van der Waals surface area contributed by atoms with Crippen molar-refractivity contribution >= 4 is 17.5 Å². The number of amides is 2. The van der Waals surface area contributed by atoms with Crippen LogP contribution in [0.4, 0.5) is 18.9 Å². The van der Waals surface area contributed by atoms with Gasteiger partial charge in [0.2, 0.25) is 11.8 Å². The minimum Gasteiger partial charge on any atom is -0.334 e. The van der Waals surface area contributed by atoms with Gasteiger partial charge in [-0.05, 0) is 30.5 Å². The van der Waals surface area contributed by atoms with Crippen molar-refractivity contribution in [3.8, 4) is 0 Å². The lowest BCUT2D eigenvalue weighted by Crippen LogP contribution is -2.37. The van der Waals surface area contributed by atoms with Crippen molar-refractivity contribution < 1.29 is 22.8 Å². The molecule has 2 rings (SSSR count). The summed E-state index contributed by atoms with van der Waals surface area (Å²) < 4.78 is 39.7. The maximum atomic E-state index is 13.6. The Kier molecular flexibility index (Phi) is 6.77. The van der Waals surface area contributed by atoms with E-state index in [1.54, 1.807) is 0 Å². The summed E-state index contributed by atoms with van der Waals surface area (Å²) >= 11 is 0. The van der Waals surface area contributed by atoms with Crippen molar-refractivity contribution in [1.29, 1.82) is 0 Å². The number of hydrogen-bond acceptors (Lipinski definition) is 2. The Morgan fingerprint density at radius 1 is 1.00 bits per heavy atom. The molecule has 7 heteroatoms. The third-order valence-electron chi connectivity index (χ3n) is 3.83. The van der Waals surface area contributed by atoms with E-state index in [0.717, 1.165) is 24.1 Å². The molecule has 0 aliphatic carbocycles. The second-order valence-corrected chi connectivity index (χ2v) is 5.80. The zero-order chi connectivity index (χ0) is 19.1. The van der Waals surface area contributed by atoms with Crippen LogP contribution in [-0.4, -0.2) is 29.8 Å². The molecule has 2 aromatic rings. The lowest BCUT2D eigenvalue weighted by atomic mass is 10.1. The van der Waals surface area contributed by atoms with Gasteiger partial charge in [0.15, 0.2) is 17.5 Å². The van der Waals surface area contributed by atoms with E-state index in [4.69, 9.17) is 0 Å². The number of nitrogens with one attached hydrogen (secondary N) is 1. The molecule has 0 saturated heterocycles. The molecule has 0 aliphatic rings. The second-order valence-electron chi connectivity index (χ2n) is 5.80. The average molecular weight is 364 g/mol. The van der Waals surface area contributed by atoms with Gasteiger partial charge in [-0.1, -0.05) is 30.3 Å². The van der Waals surface area contributed by atoms with Gasteiger partial charge in [0.25, 0.3) is 0 Å². The van der Waals surface area contributed by atoms with Gasteiger partial charge in [-0.25, -0.2) is 13.2 Å². The molecule has 0 aliphatic heterocycles. The number of benzene rings is 2. The summed E-state index contributed by atoms with van der Waals surface area (Å²) in [5.74, 6) is -5.47. The first-order valence-electron chi connectivity index (χ1n) is 8.11. The molecule has 138 valence electrons. The van der Waals surface area contributed by atoms with E-state index in [1.165, 1.54) is 11.8 Å². The molecular formula is C19H19F3N2O2. The number of rotatable bonds is 7. The Morgan fingerprint density at radius 3 is 2.35 bits per heavy atom. The van der Waals surface area contributed by atoms with Crippen molar-refractivity contribution in [3.63, 3.8) is 0 Å². The number of anilines is 1. The highest BCUT2D eigenvalue weighted by Crippen LogP contribution is 2.19. The van der Waals surface area contributed by atoms with Crippen LogP contribution in [0.3, 0.4) is 0 Å². The summed E-state index contributed by atoms with van der Waals surface area (Å²) in [4.78, 5) is 25.0. The monoisotopic (exact) mass is 364 g/mol. The van der Waals surface area contributed by atoms with Crippen LogP contribution in [0, 0.1) is 17.5 Å². The minimum atomic E-state index is -1.66. The lowest BCUT2D eigenvalue weighted by molar-refractivity contribution is -0.132. The Labute approximate surface area is 149 Å². The van der Waals surface area contributed by atoms with Crippen molar-refractivity contribution in [2.75, 3.05) is 18.4 Å². The maximum Gasteiger partial charge on any atom is 0.244 e. The highest BCUT2D eigenvalue weighted by Gasteiger charge is 2.18. The molecule has 2 amide bonds. The molecule has 2 aromatic carbocycles. The third kappa shape index (κ3) is 5.34. The van der Waals surface area contributed by atoms with Crippen LogP contribution < -0.4 is 5.32 Å². The summed E-state index contributed by atoms with van der Waals surface area (Å²) in [5.41, 5.74) is 0.644. The summed E-state index contributed by atoms with van der Waals surface area (Å²) in [6, 6.07) is 11.3. The number of hydrogen-bond donors (Lipinski definition) is 1. The van der Waals surface area contributed by atoms with Gasteiger partial charge >= 0.3 is 0 Å². The summed E-state index contributed by atoms with van der Waals surface area (Å²) in [7, 11) is 0. The van der Waals surface area contributed by atoms with Crippen molar-refractivity contribution in [1.82, 2.24) is 4.90 Å². The third-order valence-corrected chi connectivity index (χ3v) is 3.83. The normalized spacial score (nSPS) is 10.5. The van der Waals surface area contributed by atoms with E-state index in [1.807, 2.05) is 30.3 Å². The largest absolute Gasteiger partial charge is 0.334 e. The van der Waals surface area contributed by atoms with Crippen molar-refractivity contribution in [2.24, 2.45) is 0 Å². The molecule has 4 nitrogen and oxygen atoms in total. The number of halogens is 3. The van der Waals surface area contributed by atoms with E-state index in [9.17, 15) is 22.8 Å². The molecular weight excluding hydrogens is 345 g/mol. The van der Waals surface area contributed by atoms with Gasteiger partial charge in [-0.2, -0.15) is 0 Å². The van der Waals surface area contributed by atoms with Gasteiger partial charge in [0.1, 0.15) is 0 Å². The molecule has 0 fully saturated rings. The SMILES string of the molecule is CC(=O)N(CCCc1ccccc1)CC(=O)Nc1ccc(F)c(F)c1F. The van der Waals surface area contributed by atoms with E-state index < -0.39 is 29.0 Å². The molecule has 1 N–H and O–H groups in total. The van der Waals surface area contributed by atoms with Crippen molar-refractivity contribution in [2.45, 2.75) is 19.8 Å². The average Bonchev–Trinajstić information content (AvgIpc) is 2.62. The number of nitrogens with zero attached hydrogens (tertiary/aromatic N) is 1. The van der Waals surface area contributed by atoms with E-state index in [-0.39, 0.29) is 12.5 Å².